The predicted molar refractivity (Wildman–Crippen MR) is 77.8 cm³/mol. The molecule has 2 saturated heterocycles. The van der Waals surface area contributed by atoms with Crippen LogP contribution in [0.3, 0.4) is 0 Å². The van der Waals surface area contributed by atoms with Crippen molar-refractivity contribution in [3.8, 4) is 0 Å². The summed E-state index contributed by atoms with van der Waals surface area (Å²) in [7, 11) is 1.96. The highest BCUT2D eigenvalue weighted by atomic mass is 16.5. The van der Waals surface area contributed by atoms with Crippen LogP contribution in [0.4, 0.5) is 0 Å². The number of aromatic nitrogens is 1. The smallest absolute Gasteiger partial charge is 0.270 e. The highest BCUT2D eigenvalue weighted by Gasteiger charge is 2.31. The number of likely N-dealkylation sites (tertiary alicyclic amines) is 1. The molecule has 1 atom stereocenters. The molecule has 4 heteroatoms. The molecule has 110 valence electrons. The molecule has 0 unspecified atom stereocenters. The summed E-state index contributed by atoms with van der Waals surface area (Å²) in [6.45, 7) is 4.69. The molecule has 2 fully saturated rings. The van der Waals surface area contributed by atoms with Gasteiger partial charge in [0, 0.05) is 32.4 Å². The van der Waals surface area contributed by atoms with E-state index < -0.39 is 0 Å². The lowest BCUT2D eigenvalue weighted by Crippen LogP contribution is -2.41. The first-order valence-electron chi connectivity index (χ1n) is 7.70. The summed E-state index contributed by atoms with van der Waals surface area (Å²) in [6, 6.07) is 3.94. The maximum Gasteiger partial charge on any atom is 0.270 e. The van der Waals surface area contributed by atoms with Crippen molar-refractivity contribution in [2.45, 2.75) is 38.7 Å². The lowest BCUT2D eigenvalue weighted by Gasteiger charge is -2.34. The number of carbonyl (C=O) groups excluding carboxylic acids is 1. The zero-order valence-corrected chi connectivity index (χ0v) is 12.5. The van der Waals surface area contributed by atoms with Crippen molar-refractivity contribution in [3.05, 3.63) is 23.5 Å². The van der Waals surface area contributed by atoms with Crippen LogP contribution in [0.25, 0.3) is 0 Å². The van der Waals surface area contributed by atoms with E-state index in [2.05, 4.69) is 0 Å². The lowest BCUT2D eigenvalue weighted by molar-refractivity contribution is 0.0288. The molecule has 1 aromatic heterocycles. The Morgan fingerprint density at radius 3 is 2.55 bits per heavy atom. The van der Waals surface area contributed by atoms with Gasteiger partial charge in [-0.2, -0.15) is 0 Å². The third-order valence-electron chi connectivity index (χ3n) is 4.91. The fourth-order valence-corrected chi connectivity index (χ4v) is 3.44. The Kier molecular flexibility index (Phi) is 3.83. The van der Waals surface area contributed by atoms with E-state index in [1.54, 1.807) is 0 Å². The molecule has 0 N–H and O–H groups in total. The molecule has 2 aliphatic heterocycles. The average Bonchev–Trinajstić information content (AvgIpc) is 3.10. The molecule has 0 aromatic carbocycles. The molecule has 4 nitrogen and oxygen atoms in total. The normalized spacial score (nSPS) is 24.3. The summed E-state index contributed by atoms with van der Waals surface area (Å²) in [5.41, 5.74) is 1.93. The van der Waals surface area contributed by atoms with Crippen LogP contribution >= 0.6 is 0 Å². The molecular formula is C16H24N2O2. The summed E-state index contributed by atoms with van der Waals surface area (Å²) >= 11 is 0. The number of rotatable bonds is 2. The van der Waals surface area contributed by atoms with Gasteiger partial charge in [0.1, 0.15) is 5.69 Å². The summed E-state index contributed by atoms with van der Waals surface area (Å²) in [6.07, 6.45) is 5.02. The number of hydrogen-bond donors (Lipinski definition) is 0. The molecule has 20 heavy (non-hydrogen) atoms. The molecule has 0 spiro atoms. The van der Waals surface area contributed by atoms with E-state index >= 15 is 0 Å². The Balaban J connectivity index is 1.60. The van der Waals surface area contributed by atoms with Crippen molar-refractivity contribution in [2.24, 2.45) is 13.0 Å². The molecule has 3 rings (SSSR count). The Hall–Kier alpha value is -1.29. The van der Waals surface area contributed by atoms with Gasteiger partial charge in [0.2, 0.25) is 0 Å². The monoisotopic (exact) mass is 276 g/mol. The Labute approximate surface area is 120 Å². The minimum atomic E-state index is 0.173. The van der Waals surface area contributed by atoms with Gasteiger partial charge in [0.25, 0.3) is 5.91 Å². The van der Waals surface area contributed by atoms with E-state index in [1.165, 1.54) is 12.8 Å². The Morgan fingerprint density at radius 2 is 2.00 bits per heavy atom. The van der Waals surface area contributed by atoms with Crippen LogP contribution in [-0.2, 0) is 11.8 Å². The number of piperidine rings is 1. The van der Waals surface area contributed by atoms with Crippen molar-refractivity contribution < 1.29 is 9.53 Å². The fourth-order valence-electron chi connectivity index (χ4n) is 3.44. The first-order valence-corrected chi connectivity index (χ1v) is 7.70. The van der Waals surface area contributed by atoms with E-state index in [9.17, 15) is 4.79 Å². The zero-order chi connectivity index (χ0) is 14.1. The van der Waals surface area contributed by atoms with Crippen molar-refractivity contribution in [1.82, 2.24) is 9.47 Å². The van der Waals surface area contributed by atoms with Gasteiger partial charge in [-0.05, 0) is 50.7 Å². The second-order valence-corrected chi connectivity index (χ2v) is 6.10. The van der Waals surface area contributed by atoms with E-state index in [0.717, 1.165) is 43.9 Å². The van der Waals surface area contributed by atoms with Gasteiger partial charge in [-0.1, -0.05) is 0 Å². The van der Waals surface area contributed by atoms with E-state index in [0.29, 0.717) is 12.0 Å². The SMILES string of the molecule is Cc1ccc(C(=O)N2CCC([C@H]3CCCO3)CC2)n1C. The minimum absolute atomic E-state index is 0.173. The van der Waals surface area contributed by atoms with Crippen molar-refractivity contribution >= 4 is 5.91 Å². The third kappa shape index (κ3) is 2.49. The quantitative estimate of drug-likeness (QED) is 0.831. The predicted octanol–water partition coefficient (Wildman–Crippen LogP) is 2.36. The lowest BCUT2D eigenvalue weighted by atomic mass is 9.90. The largest absolute Gasteiger partial charge is 0.378 e. The van der Waals surface area contributed by atoms with E-state index in [1.807, 2.05) is 35.6 Å². The maximum atomic E-state index is 12.5. The van der Waals surface area contributed by atoms with Crippen LogP contribution in [0.1, 0.15) is 41.9 Å². The Morgan fingerprint density at radius 1 is 1.25 bits per heavy atom. The number of nitrogens with zero attached hydrogens (tertiary/aromatic N) is 2. The van der Waals surface area contributed by atoms with Crippen LogP contribution in [0.15, 0.2) is 12.1 Å². The fraction of sp³-hybridized carbons (Fsp3) is 0.688. The highest BCUT2D eigenvalue weighted by molar-refractivity contribution is 5.93. The average molecular weight is 276 g/mol. The summed E-state index contributed by atoms with van der Waals surface area (Å²) in [5.74, 6) is 0.822. The van der Waals surface area contributed by atoms with Crippen LogP contribution in [-0.4, -0.2) is 41.2 Å². The molecule has 0 radical (unpaired) electrons. The van der Waals surface area contributed by atoms with Gasteiger partial charge < -0.3 is 14.2 Å². The number of hydrogen-bond acceptors (Lipinski definition) is 2. The number of carbonyl (C=O) groups is 1. The third-order valence-corrected chi connectivity index (χ3v) is 4.91. The number of aryl methyl sites for hydroxylation is 1. The highest BCUT2D eigenvalue weighted by Crippen LogP contribution is 2.29. The van der Waals surface area contributed by atoms with Crippen molar-refractivity contribution in [1.29, 1.82) is 0 Å². The first kappa shape index (κ1) is 13.7. The van der Waals surface area contributed by atoms with E-state index in [-0.39, 0.29) is 5.91 Å². The minimum Gasteiger partial charge on any atom is -0.378 e. The number of ether oxygens (including phenoxy) is 1. The first-order chi connectivity index (χ1) is 9.66. The van der Waals surface area contributed by atoms with Crippen LogP contribution in [0.2, 0.25) is 0 Å². The maximum absolute atomic E-state index is 12.5. The van der Waals surface area contributed by atoms with Crippen LogP contribution in [0.5, 0.6) is 0 Å². The summed E-state index contributed by atoms with van der Waals surface area (Å²) in [5, 5.41) is 0. The number of amides is 1. The molecular weight excluding hydrogens is 252 g/mol. The second-order valence-electron chi connectivity index (χ2n) is 6.10. The van der Waals surface area contributed by atoms with Crippen LogP contribution < -0.4 is 0 Å². The van der Waals surface area contributed by atoms with Crippen molar-refractivity contribution in [3.63, 3.8) is 0 Å². The Bertz CT molecular complexity index is 481. The molecule has 2 aliphatic rings. The zero-order valence-electron chi connectivity index (χ0n) is 12.5. The van der Waals surface area contributed by atoms with Gasteiger partial charge in [0.15, 0.2) is 0 Å². The van der Waals surface area contributed by atoms with Crippen LogP contribution in [0, 0.1) is 12.8 Å². The van der Waals surface area contributed by atoms with Gasteiger partial charge in [-0.15, -0.1) is 0 Å². The molecule has 0 saturated carbocycles. The molecule has 3 heterocycles. The van der Waals surface area contributed by atoms with Gasteiger partial charge in [-0.3, -0.25) is 4.79 Å². The van der Waals surface area contributed by atoms with E-state index in [4.69, 9.17) is 4.74 Å². The standard InChI is InChI=1S/C16H24N2O2/c1-12-5-6-14(17(12)2)16(19)18-9-7-13(8-10-18)15-4-3-11-20-15/h5-6,13,15H,3-4,7-11H2,1-2H3/t15-/m1/s1. The molecule has 0 bridgehead atoms. The van der Waals surface area contributed by atoms with Gasteiger partial charge in [-0.25, -0.2) is 0 Å². The van der Waals surface area contributed by atoms with Crippen molar-refractivity contribution in [2.75, 3.05) is 19.7 Å². The molecule has 1 amide bonds. The molecule has 1 aromatic rings. The van der Waals surface area contributed by atoms with Gasteiger partial charge >= 0.3 is 0 Å². The molecule has 0 aliphatic carbocycles. The topological polar surface area (TPSA) is 34.5 Å². The van der Waals surface area contributed by atoms with Gasteiger partial charge in [0.05, 0.1) is 6.10 Å². The summed E-state index contributed by atoms with van der Waals surface area (Å²) < 4.78 is 7.77. The second kappa shape index (κ2) is 5.60. The summed E-state index contributed by atoms with van der Waals surface area (Å²) in [4.78, 5) is 14.5.